The molecule has 0 aromatic carbocycles. The van der Waals surface area contributed by atoms with E-state index in [2.05, 4.69) is 160 Å². The normalized spacial score (nSPS) is 14.1. The molecule has 9 nitrogen and oxygen atoms in total. The Morgan fingerprint density at radius 2 is 0.679 bits per heavy atom. The van der Waals surface area contributed by atoms with Crippen LogP contribution in [0.5, 0.6) is 0 Å². The Labute approximate surface area is 516 Å². The molecular formula is C74H124NO8P. The number of carbonyl (C=O) groups is 2. The number of quaternary nitrogens is 1. The number of likely N-dealkylation sites (N-methyl/N-ethyl adjacent to an activating group) is 1. The van der Waals surface area contributed by atoms with Gasteiger partial charge in [-0.1, -0.05) is 288 Å². The molecule has 0 aliphatic heterocycles. The topological polar surface area (TPSA) is 111 Å². The van der Waals surface area contributed by atoms with Gasteiger partial charge in [0.15, 0.2) is 6.10 Å². The van der Waals surface area contributed by atoms with E-state index in [1.54, 1.807) is 0 Å². The summed E-state index contributed by atoms with van der Waals surface area (Å²) in [6, 6.07) is 0. The number of nitrogens with zero attached hydrogens (tertiary/aromatic N) is 1. The molecule has 0 rings (SSSR count). The molecule has 0 N–H and O–H groups in total. The molecule has 478 valence electrons. The lowest BCUT2D eigenvalue weighted by Gasteiger charge is -2.28. The average Bonchev–Trinajstić information content (AvgIpc) is 3.61. The summed E-state index contributed by atoms with van der Waals surface area (Å²) in [7, 11) is 1.14. The summed E-state index contributed by atoms with van der Waals surface area (Å²) in [5.41, 5.74) is 0. The number of carbonyl (C=O) groups excluding carboxylic acids is 2. The Morgan fingerprint density at radius 3 is 1.01 bits per heavy atom. The first-order chi connectivity index (χ1) is 41.0. The maximum absolute atomic E-state index is 12.8. The van der Waals surface area contributed by atoms with Crippen LogP contribution in [0.4, 0.5) is 0 Å². The van der Waals surface area contributed by atoms with Crippen molar-refractivity contribution in [3.05, 3.63) is 146 Å². The lowest BCUT2D eigenvalue weighted by molar-refractivity contribution is -0.870. The van der Waals surface area contributed by atoms with E-state index in [4.69, 9.17) is 18.5 Å². The molecule has 0 amide bonds. The molecule has 0 heterocycles. The van der Waals surface area contributed by atoms with Crippen molar-refractivity contribution in [1.29, 1.82) is 0 Å². The number of phosphoric ester groups is 1. The molecule has 0 radical (unpaired) electrons. The SMILES string of the molecule is CC/C=C\C/C=C\C/C=C\C/C=C\C/C=C\C/C=C\C/C=C\C/C=C\C/C=C\C/C=C\C/C=C\C/C=C\CCCCCCC(=O)OC(COC(=O)CCCCCCCCCCCCCCCCCCCCC)COP(=O)([O-])OCC[N+](C)(C)C. The van der Waals surface area contributed by atoms with E-state index in [9.17, 15) is 19.0 Å². The maximum Gasteiger partial charge on any atom is 0.306 e. The highest BCUT2D eigenvalue weighted by Gasteiger charge is 2.22. The summed E-state index contributed by atoms with van der Waals surface area (Å²) in [4.78, 5) is 38.0. The van der Waals surface area contributed by atoms with Crippen LogP contribution in [-0.2, 0) is 32.7 Å². The van der Waals surface area contributed by atoms with Gasteiger partial charge in [0.05, 0.1) is 27.7 Å². The second kappa shape index (κ2) is 63.4. The predicted molar refractivity (Wildman–Crippen MR) is 360 cm³/mol. The first-order valence-electron chi connectivity index (χ1n) is 33.5. The Hall–Kier alpha value is -4.11. The third kappa shape index (κ3) is 67.0. The zero-order valence-electron chi connectivity index (χ0n) is 54.3. The molecule has 0 bridgehead atoms. The highest BCUT2D eigenvalue weighted by atomic mass is 31.2. The fraction of sp³-hybridized carbons (Fsp3) is 0.649. The van der Waals surface area contributed by atoms with Crippen molar-refractivity contribution in [1.82, 2.24) is 0 Å². The van der Waals surface area contributed by atoms with E-state index < -0.39 is 32.5 Å². The highest BCUT2D eigenvalue weighted by molar-refractivity contribution is 7.45. The molecule has 0 fully saturated rings. The summed E-state index contributed by atoms with van der Waals surface area (Å²) in [6.07, 6.45) is 93.4. The van der Waals surface area contributed by atoms with Crippen LogP contribution in [0.3, 0.4) is 0 Å². The number of unbranched alkanes of at least 4 members (excludes halogenated alkanes) is 22. The zero-order chi connectivity index (χ0) is 61.2. The van der Waals surface area contributed by atoms with Crippen LogP contribution in [0.15, 0.2) is 146 Å². The van der Waals surface area contributed by atoms with Gasteiger partial charge in [-0.3, -0.25) is 14.2 Å². The lowest BCUT2D eigenvalue weighted by atomic mass is 10.0. The molecule has 0 spiro atoms. The Bertz CT molecular complexity index is 1930. The van der Waals surface area contributed by atoms with Gasteiger partial charge in [-0.15, -0.1) is 0 Å². The van der Waals surface area contributed by atoms with E-state index in [1.807, 2.05) is 21.1 Å². The third-order valence-electron chi connectivity index (χ3n) is 13.9. The number of hydrogen-bond donors (Lipinski definition) is 0. The number of ether oxygens (including phenoxy) is 2. The zero-order valence-corrected chi connectivity index (χ0v) is 55.2. The van der Waals surface area contributed by atoms with E-state index in [0.29, 0.717) is 17.4 Å². The number of phosphoric acid groups is 1. The van der Waals surface area contributed by atoms with Crippen molar-refractivity contribution in [3.63, 3.8) is 0 Å². The van der Waals surface area contributed by atoms with Gasteiger partial charge in [0.25, 0.3) is 7.82 Å². The minimum absolute atomic E-state index is 0.0419. The van der Waals surface area contributed by atoms with Gasteiger partial charge in [0.1, 0.15) is 19.8 Å². The van der Waals surface area contributed by atoms with Gasteiger partial charge in [-0.05, 0) is 103 Å². The van der Waals surface area contributed by atoms with Crippen molar-refractivity contribution >= 4 is 19.8 Å². The first kappa shape index (κ1) is 79.9. The summed E-state index contributed by atoms with van der Waals surface area (Å²) < 4.78 is 34.2. The number of hydrogen-bond acceptors (Lipinski definition) is 8. The van der Waals surface area contributed by atoms with Crippen LogP contribution in [-0.4, -0.2) is 70.0 Å². The average molecular weight is 1190 g/mol. The van der Waals surface area contributed by atoms with Gasteiger partial charge in [0, 0.05) is 12.8 Å². The molecule has 0 saturated carbocycles. The van der Waals surface area contributed by atoms with E-state index in [0.717, 1.165) is 122 Å². The maximum atomic E-state index is 12.8. The summed E-state index contributed by atoms with van der Waals surface area (Å²) in [5.74, 6) is -0.864. The van der Waals surface area contributed by atoms with Crippen molar-refractivity contribution < 1.29 is 42.1 Å². The van der Waals surface area contributed by atoms with Gasteiger partial charge in [-0.25, -0.2) is 0 Å². The molecular weight excluding hydrogens is 1060 g/mol. The molecule has 84 heavy (non-hydrogen) atoms. The number of allylic oxidation sites excluding steroid dienone is 24. The molecule has 0 aromatic heterocycles. The molecule has 0 aliphatic carbocycles. The van der Waals surface area contributed by atoms with Gasteiger partial charge in [0.2, 0.25) is 0 Å². The van der Waals surface area contributed by atoms with Crippen molar-refractivity contribution in [2.75, 3.05) is 47.5 Å². The van der Waals surface area contributed by atoms with Crippen molar-refractivity contribution in [3.8, 4) is 0 Å². The highest BCUT2D eigenvalue weighted by Crippen LogP contribution is 2.38. The largest absolute Gasteiger partial charge is 0.756 e. The summed E-state index contributed by atoms with van der Waals surface area (Å²) >= 11 is 0. The second-order valence-electron chi connectivity index (χ2n) is 23.1. The smallest absolute Gasteiger partial charge is 0.306 e. The third-order valence-corrected chi connectivity index (χ3v) is 14.8. The minimum Gasteiger partial charge on any atom is -0.756 e. The van der Waals surface area contributed by atoms with Gasteiger partial charge in [-0.2, -0.15) is 0 Å². The lowest BCUT2D eigenvalue weighted by Crippen LogP contribution is -2.37. The van der Waals surface area contributed by atoms with Crippen molar-refractivity contribution in [2.24, 2.45) is 0 Å². The van der Waals surface area contributed by atoms with Crippen molar-refractivity contribution in [2.45, 2.75) is 264 Å². The van der Waals surface area contributed by atoms with Crippen LogP contribution >= 0.6 is 7.82 Å². The van der Waals surface area contributed by atoms with E-state index >= 15 is 0 Å². The molecule has 10 heteroatoms. The number of esters is 2. The molecule has 2 atom stereocenters. The molecule has 0 saturated heterocycles. The fourth-order valence-electron chi connectivity index (χ4n) is 8.76. The Kier molecular flexibility index (Phi) is 60.3. The van der Waals surface area contributed by atoms with E-state index in [-0.39, 0.29) is 26.1 Å². The monoisotopic (exact) mass is 1190 g/mol. The summed E-state index contributed by atoms with van der Waals surface area (Å²) in [5, 5.41) is 0. The molecule has 0 aromatic rings. The van der Waals surface area contributed by atoms with Crippen LogP contribution in [0.25, 0.3) is 0 Å². The Morgan fingerprint density at radius 1 is 0.381 bits per heavy atom. The van der Waals surface area contributed by atoms with Gasteiger partial charge < -0.3 is 27.9 Å². The fourth-order valence-corrected chi connectivity index (χ4v) is 9.48. The second-order valence-corrected chi connectivity index (χ2v) is 24.5. The van der Waals surface area contributed by atoms with Crippen LogP contribution in [0.1, 0.15) is 258 Å². The minimum atomic E-state index is -4.65. The van der Waals surface area contributed by atoms with Gasteiger partial charge >= 0.3 is 11.9 Å². The van der Waals surface area contributed by atoms with E-state index in [1.165, 1.54) is 103 Å². The molecule has 0 aliphatic rings. The van der Waals surface area contributed by atoms with Crippen LogP contribution in [0.2, 0.25) is 0 Å². The Balaban J connectivity index is 4.17. The van der Waals surface area contributed by atoms with Crippen LogP contribution < -0.4 is 4.89 Å². The predicted octanol–water partition coefficient (Wildman–Crippen LogP) is 21.2. The van der Waals surface area contributed by atoms with Crippen LogP contribution in [0, 0.1) is 0 Å². The summed E-state index contributed by atoms with van der Waals surface area (Å²) in [6.45, 7) is 4.10. The number of rotatable bonds is 60. The first-order valence-corrected chi connectivity index (χ1v) is 35.0. The quantitative estimate of drug-likeness (QED) is 0.0195. The standard InChI is InChI=1S/C74H124NO8P/c1-6-8-10-12-14-16-18-20-22-24-26-27-28-29-30-31-32-33-34-35-36-37-38-39-40-41-42-43-44-45-46-47-49-51-53-55-57-59-61-63-65-67-74(77)83-72(71-82-84(78,79)81-69-68-75(3,4)5)70-80-73(76)66-64-62-60-58-56-54-52-50-48-25-23-21-19-17-15-13-11-9-7-2/h8,10,14,16,20,22,26-27,29-30,32-33,35-36,38-39,41-42,44-45,47,49,53,55,72H,6-7,9,11-13,15,17-19,21,23-25,28,31,34,37,40,43,46,48,50-52,54,56-71H2,1-5H3/b10-8-,16-14-,22-20-,27-26-,30-29-,33-32-,36-35-,39-38-,42-41-,45-44-,49-47-,55-53-. The molecule has 2 unspecified atom stereocenters.